The Hall–Kier alpha value is -4.79. The Morgan fingerprint density at radius 1 is 0.917 bits per heavy atom. The Morgan fingerprint density at radius 2 is 1.58 bits per heavy atom. The average molecular weight is 488 g/mol. The molecule has 0 heterocycles. The highest BCUT2D eigenvalue weighted by Crippen LogP contribution is 2.22. The molecule has 0 saturated carbocycles. The predicted molar refractivity (Wildman–Crippen MR) is 136 cm³/mol. The Labute approximate surface area is 207 Å². The molecule has 0 unspecified atom stereocenters. The van der Waals surface area contributed by atoms with Gasteiger partial charge in [0.1, 0.15) is 5.70 Å². The number of carbonyl (C=O) groups excluding carboxylic acids is 2. The summed E-state index contributed by atoms with van der Waals surface area (Å²) in [5.74, 6) is -2.45. The van der Waals surface area contributed by atoms with Gasteiger partial charge in [0.25, 0.3) is 17.5 Å². The van der Waals surface area contributed by atoms with Crippen LogP contribution in [-0.4, -0.2) is 27.8 Å². The number of carbonyl (C=O) groups is 3. The third-order valence-electron chi connectivity index (χ3n) is 5.27. The first kappa shape index (κ1) is 25.8. The number of carboxylic acids is 1. The van der Waals surface area contributed by atoms with Crippen molar-refractivity contribution in [1.82, 2.24) is 5.32 Å². The van der Waals surface area contributed by atoms with Gasteiger partial charge in [0, 0.05) is 23.4 Å². The van der Waals surface area contributed by atoms with E-state index in [0.717, 1.165) is 5.56 Å². The molecule has 9 heteroatoms. The Bertz CT molecular complexity index is 1350. The standard InChI is InChI=1S/C27H25N3O6/c1-27(2,3)20-12-10-18(11-13-20)24(31)29-23(15-17-6-4-9-22(14-17)30(35)36)25(32)28-21-8-5-7-19(16-21)26(33)34/h4-16H,1-3H3,(H,28,32)(H,29,31)(H,33,34)/b23-15+. The summed E-state index contributed by atoms with van der Waals surface area (Å²) < 4.78 is 0. The number of nitrogens with zero attached hydrogens (tertiary/aromatic N) is 1. The predicted octanol–water partition coefficient (Wildman–Crippen LogP) is 5.00. The van der Waals surface area contributed by atoms with E-state index in [1.165, 1.54) is 48.5 Å². The van der Waals surface area contributed by atoms with E-state index < -0.39 is 22.7 Å². The van der Waals surface area contributed by atoms with Crippen LogP contribution in [0, 0.1) is 10.1 Å². The second-order valence-corrected chi connectivity index (χ2v) is 9.03. The van der Waals surface area contributed by atoms with E-state index in [2.05, 4.69) is 10.6 Å². The molecule has 0 aliphatic rings. The summed E-state index contributed by atoms with van der Waals surface area (Å²) in [5, 5.41) is 25.5. The van der Waals surface area contributed by atoms with Gasteiger partial charge in [0.05, 0.1) is 10.5 Å². The van der Waals surface area contributed by atoms with Crippen molar-refractivity contribution in [1.29, 1.82) is 0 Å². The fourth-order valence-electron chi connectivity index (χ4n) is 3.30. The largest absolute Gasteiger partial charge is 0.478 e. The molecule has 3 rings (SSSR count). The summed E-state index contributed by atoms with van der Waals surface area (Å²) in [4.78, 5) is 47.9. The van der Waals surface area contributed by atoms with Gasteiger partial charge in [0.15, 0.2) is 0 Å². The molecule has 0 fully saturated rings. The SMILES string of the molecule is CC(C)(C)c1ccc(C(=O)N/C(=C/c2cccc([N+](=O)[O-])c2)C(=O)Nc2cccc(C(=O)O)c2)cc1. The quantitative estimate of drug-likeness (QED) is 0.243. The smallest absolute Gasteiger partial charge is 0.335 e. The molecule has 2 amide bonds. The van der Waals surface area contributed by atoms with Crippen molar-refractivity contribution in [3.05, 3.63) is 111 Å². The third-order valence-corrected chi connectivity index (χ3v) is 5.27. The normalized spacial score (nSPS) is 11.5. The van der Waals surface area contributed by atoms with Crippen LogP contribution in [0.25, 0.3) is 6.08 Å². The van der Waals surface area contributed by atoms with Crippen LogP contribution in [0.5, 0.6) is 0 Å². The zero-order valence-corrected chi connectivity index (χ0v) is 19.9. The van der Waals surface area contributed by atoms with Gasteiger partial charge in [-0.15, -0.1) is 0 Å². The van der Waals surface area contributed by atoms with Crippen LogP contribution in [0.3, 0.4) is 0 Å². The summed E-state index contributed by atoms with van der Waals surface area (Å²) >= 11 is 0. The van der Waals surface area contributed by atoms with Crippen LogP contribution >= 0.6 is 0 Å². The molecule has 0 atom stereocenters. The molecular formula is C27H25N3O6. The minimum Gasteiger partial charge on any atom is -0.478 e. The lowest BCUT2D eigenvalue weighted by atomic mass is 9.87. The van der Waals surface area contributed by atoms with Gasteiger partial charge in [-0.25, -0.2) is 4.79 Å². The van der Waals surface area contributed by atoms with Crippen molar-refractivity contribution >= 4 is 35.2 Å². The molecule has 3 N–H and O–H groups in total. The van der Waals surface area contributed by atoms with Gasteiger partial charge in [-0.1, -0.05) is 51.1 Å². The molecule has 3 aromatic rings. The number of hydrogen-bond donors (Lipinski definition) is 3. The zero-order valence-electron chi connectivity index (χ0n) is 19.9. The molecule has 3 aromatic carbocycles. The van der Waals surface area contributed by atoms with E-state index in [0.29, 0.717) is 11.1 Å². The van der Waals surface area contributed by atoms with E-state index in [1.54, 1.807) is 18.2 Å². The van der Waals surface area contributed by atoms with Crippen molar-refractivity contribution in [3.8, 4) is 0 Å². The Balaban J connectivity index is 1.93. The van der Waals surface area contributed by atoms with Crippen molar-refractivity contribution in [2.24, 2.45) is 0 Å². The maximum atomic E-state index is 13.1. The highest BCUT2D eigenvalue weighted by Gasteiger charge is 2.18. The number of nitro benzene ring substituents is 1. The van der Waals surface area contributed by atoms with E-state index in [9.17, 15) is 29.6 Å². The van der Waals surface area contributed by atoms with Gasteiger partial charge in [-0.3, -0.25) is 19.7 Å². The molecule has 184 valence electrons. The summed E-state index contributed by atoms with van der Waals surface area (Å²) in [6.07, 6.45) is 1.31. The summed E-state index contributed by atoms with van der Waals surface area (Å²) in [5.41, 5.74) is 1.37. The lowest BCUT2D eigenvalue weighted by Crippen LogP contribution is -2.30. The van der Waals surface area contributed by atoms with Crippen LogP contribution in [0.4, 0.5) is 11.4 Å². The second kappa shape index (κ2) is 10.6. The molecule has 0 spiro atoms. The molecule has 0 saturated heterocycles. The molecule has 9 nitrogen and oxygen atoms in total. The minimum absolute atomic E-state index is 0.0278. The third kappa shape index (κ3) is 6.63. The average Bonchev–Trinajstić information content (AvgIpc) is 2.83. The number of aromatic carboxylic acids is 1. The van der Waals surface area contributed by atoms with Crippen molar-refractivity contribution in [2.45, 2.75) is 26.2 Å². The maximum absolute atomic E-state index is 13.1. The molecule has 0 aromatic heterocycles. The molecule has 0 radical (unpaired) electrons. The molecule has 0 bridgehead atoms. The highest BCUT2D eigenvalue weighted by atomic mass is 16.6. The van der Waals surface area contributed by atoms with Gasteiger partial charge >= 0.3 is 5.97 Å². The second-order valence-electron chi connectivity index (χ2n) is 9.03. The topological polar surface area (TPSA) is 139 Å². The Morgan fingerprint density at radius 3 is 2.19 bits per heavy atom. The van der Waals surface area contributed by atoms with Crippen LogP contribution in [0.1, 0.15) is 52.6 Å². The van der Waals surface area contributed by atoms with Crippen LogP contribution in [-0.2, 0) is 10.2 Å². The Kier molecular flexibility index (Phi) is 7.64. The first-order valence-corrected chi connectivity index (χ1v) is 11.0. The van der Waals surface area contributed by atoms with Crippen molar-refractivity contribution in [3.63, 3.8) is 0 Å². The van der Waals surface area contributed by atoms with Crippen LogP contribution in [0.15, 0.2) is 78.5 Å². The number of anilines is 1. The highest BCUT2D eigenvalue weighted by molar-refractivity contribution is 6.11. The van der Waals surface area contributed by atoms with Gasteiger partial charge in [-0.05, 0) is 52.9 Å². The van der Waals surface area contributed by atoms with Crippen molar-refractivity contribution < 1.29 is 24.4 Å². The fraction of sp³-hybridized carbons (Fsp3) is 0.148. The monoisotopic (exact) mass is 487 g/mol. The van der Waals surface area contributed by atoms with E-state index in [1.807, 2.05) is 32.9 Å². The molecule has 0 aliphatic carbocycles. The summed E-state index contributed by atoms with van der Waals surface area (Å²) in [7, 11) is 0. The number of amides is 2. The number of nitrogens with one attached hydrogen (secondary N) is 2. The molecule has 0 aliphatic heterocycles. The molecule has 36 heavy (non-hydrogen) atoms. The number of carboxylic acid groups (broad SMARTS) is 1. The van der Waals surface area contributed by atoms with Gasteiger partial charge in [0.2, 0.25) is 0 Å². The number of rotatable bonds is 7. The number of nitro groups is 1. The van der Waals surface area contributed by atoms with E-state index in [-0.39, 0.29) is 28.1 Å². The summed E-state index contributed by atoms with van der Waals surface area (Å²) in [6.45, 7) is 6.14. The van der Waals surface area contributed by atoms with Crippen LogP contribution < -0.4 is 10.6 Å². The molecular weight excluding hydrogens is 462 g/mol. The lowest BCUT2D eigenvalue weighted by molar-refractivity contribution is -0.384. The van der Waals surface area contributed by atoms with Crippen LogP contribution in [0.2, 0.25) is 0 Å². The maximum Gasteiger partial charge on any atom is 0.335 e. The number of non-ortho nitro benzene ring substituents is 1. The fourth-order valence-corrected chi connectivity index (χ4v) is 3.30. The van der Waals surface area contributed by atoms with Gasteiger partial charge in [-0.2, -0.15) is 0 Å². The lowest BCUT2D eigenvalue weighted by Gasteiger charge is -2.19. The van der Waals surface area contributed by atoms with Crippen molar-refractivity contribution in [2.75, 3.05) is 5.32 Å². The number of benzene rings is 3. The first-order valence-electron chi connectivity index (χ1n) is 11.0. The number of hydrogen-bond acceptors (Lipinski definition) is 5. The minimum atomic E-state index is -1.16. The first-order chi connectivity index (χ1) is 16.9. The van der Waals surface area contributed by atoms with E-state index >= 15 is 0 Å². The van der Waals surface area contributed by atoms with Gasteiger partial charge < -0.3 is 15.7 Å². The summed E-state index contributed by atoms with van der Waals surface area (Å²) in [6, 6.07) is 18.2. The zero-order chi connectivity index (χ0) is 26.5. The van der Waals surface area contributed by atoms with E-state index in [4.69, 9.17) is 0 Å².